The van der Waals surface area contributed by atoms with Crippen LogP contribution >= 0.6 is 0 Å². The van der Waals surface area contributed by atoms with Gasteiger partial charge < -0.3 is 36.8 Å². The molecule has 3 aliphatic rings. The highest BCUT2D eigenvalue weighted by atomic mass is 16.3. The molecule has 222 valence electrons. The quantitative estimate of drug-likeness (QED) is 0.178. The summed E-state index contributed by atoms with van der Waals surface area (Å²) in [6.07, 6.45) is 0.0646. The fourth-order valence-corrected chi connectivity index (χ4v) is 7.61. The van der Waals surface area contributed by atoms with Gasteiger partial charge in [0.1, 0.15) is 22.8 Å². The Morgan fingerprint density at radius 3 is 2.14 bits per heavy atom. The summed E-state index contributed by atoms with van der Waals surface area (Å²) in [6, 6.07) is 8.02. The number of hydrogen-bond donors (Lipinski definition) is 6. The molecule has 1 fully saturated rings. The summed E-state index contributed by atoms with van der Waals surface area (Å²) >= 11 is 0. The molecular weight excluding hydrogens is 540 g/mol. The van der Waals surface area contributed by atoms with Crippen molar-refractivity contribution in [1.82, 2.24) is 4.90 Å². The summed E-state index contributed by atoms with van der Waals surface area (Å²) in [7, 11) is 6.96. The second kappa shape index (κ2) is 9.07. The number of nitrogens with zero attached hydrogens (tertiary/aromatic N) is 2. The number of fused-ring (bicyclic) bond motifs is 3. The number of ketones is 2. The third-order valence-corrected chi connectivity index (χ3v) is 9.36. The number of likely N-dealkylation sites (N-methyl/N-ethyl adjacent to an activating group) is 1. The number of phenols is 1. The van der Waals surface area contributed by atoms with Gasteiger partial charge in [0.05, 0.1) is 17.3 Å². The first-order valence-corrected chi connectivity index (χ1v) is 13.5. The monoisotopic (exact) mass is 576 g/mol. The Labute approximate surface area is 243 Å². The van der Waals surface area contributed by atoms with Crippen LogP contribution in [0.5, 0.6) is 5.75 Å². The van der Waals surface area contributed by atoms with Crippen molar-refractivity contribution in [3.05, 3.63) is 58.4 Å². The largest absolute Gasteiger partial charge is 0.508 e. The Hall–Kier alpha value is -4.35. The van der Waals surface area contributed by atoms with Gasteiger partial charge in [-0.3, -0.25) is 19.3 Å². The second-order valence-electron chi connectivity index (χ2n) is 12.6. The Balaban J connectivity index is 1.81. The normalized spacial score (nSPS) is 28.9. The summed E-state index contributed by atoms with van der Waals surface area (Å²) in [6.45, 7) is 3.25. The van der Waals surface area contributed by atoms with E-state index in [9.17, 15) is 34.8 Å². The fourth-order valence-electron chi connectivity index (χ4n) is 7.61. The second-order valence-corrected chi connectivity index (χ2v) is 12.6. The number of amides is 1. The highest BCUT2D eigenvalue weighted by Gasteiger charge is 2.72. The Morgan fingerprint density at radius 1 is 1.02 bits per heavy atom. The van der Waals surface area contributed by atoms with E-state index in [1.165, 1.54) is 11.8 Å². The van der Waals surface area contributed by atoms with E-state index in [2.05, 4.69) is 0 Å². The molecule has 5 rings (SSSR count). The fraction of sp³-hybridized carbons (Fsp3) is 0.387. The van der Waals surface area contributed by atoms with Gasteiger partial charge in [0.25, 0.3) is 5.91 Å². The topological polar surface area (TPSA) is 191 Å². The number of benzene rings is 2. The van der Waals surface area contributed by atoms with Gasteiger partial charge in [-0.15, -0.1) is 0 Å². The van der Waals surface area contributed by atoms with E-state index in [0.717, 1.165) is 11.3 Å². The number of carbonyl (C=O) groups excluding carboxylic acids is 3. The lowest BCUT2D eigenvalue weighted by atomic mass is 9.46. The van der Waals surface area contributed by atoms with Crippen molar-refractivity contribution in [2.75, 3.05) is 38.8 Å². The highest BCUT2D eigenvalue weighted by Crippen LogP contribution is 2.63. The molecule has 11 heteroatoms. The molecule has 0 radical (unpaired) electrons. The van der Waals surface area contributed by atoms with Gasteiger partial charge in [-0.25, -0.2) is 0 Å². The van der Waals surface area contributed by atoms with Crippen molar-refractivity contribution in [1.29, 1.82) is 0 Å². The van der Waals surface area contributed by atoms with E-state index >= 15 is 0 Å². The predicted molar refractivity (Wildman–Crippen MR) is 158 cm³/mol. The Kier molecular flexibility index (Phi) is 6.30. The summed E-state index contributed by atoms with van der Waals surface area (Å²) in [5, 5.41) is 46.1. The van der Waals surface area contributed by atoms with Gasteiger partial charge in [-0.2, -0.15) is 0 Å². The minimum absolute atomic E-state index is 0.0299. The zero-order valence-corrected chi connectivity index (χ0v) is 24.4. The number of Topliss-reactive ketones (excluding diaryl/α,β-unsaturated/α-hetero) is 2. The molecule has 3 aliphatic carbocycles. The maximum atomic E-state index is 14.4. The molecule has 0 heterocycles. The van der Waals surface area contributed by atoms with Crippen molar-refractivity contribution >= 4 is 34.6 Å². The standard InChI is InChI=1S/C31H36N4O7/c1-29-12-17-16(14-7-9-15(10-8-14)34(3)4)11-18(32)22(36)19(17)23(37)21(29)27(40)31(42)26(39)20(28(33)41)24(38)25(35(5)6)30(31,2)13-29/h7-11,25,36-37,39,42H,12-13,32H2,1-6H3,(H2,33,41)/t25-,29+,30+,31-/m1/s1. The molecule has 0 unspecified atom stereocenters. The molecule has 4 atom stereocenters. The van der Waals surface area contributed by atoms with Crippen LogP contribution < -0.4 is 16.4 Å². The zero-order valence-electron chi connectivity index (χ0n) is 24.4. The molecule has 0 aromatic heterocycles. The van der Waals surface area contributed by atoms with Crippen LogP contribution in [0.1, 0.15) is 31.4 Å². The first-order valence-electron chi connectivity index (χ1n) is 13.5. The summed E-state index contributed by atoms with van der Waals surface area (Å²) in [5.41, 5.74) is 7.73. The summed E-state index contributed by atoms with van der Waals surface area (Å²) in [4.78, 5) is 43.7. The minimum Gasteiger partial charge on any atom is -0.508 e. The maximum absolute atomic E-state index is 14.4. The summed E-state index contributed by atoms with van der Waals surface area (Å²) < 4.78 is 0. The van der Waals surface area contributed by atoms with Crippen LogP contribution in [0.15, 0.2) is 47.2 Å². The van der Waals surface area contributed by atoms with E-state index in [-0.39, 0.29) is 29.7 Å². The number of primary amides is 1. The van der Waals surface area contributed by atoms with Gasteiger partial charge in [0.15, 0.2) is 11.4 Å². The summed E-state index contributed by atoms with van der Waals surface area (Å²) in [5.74, 6) is -5.35. The first-order chi connectivity index (χ1) is 19.4. The third-order valence-electron chi connectivity index (χ3n) is 9.36. The number of aromatic hydroxyl groups is 1. The molecule has 1 amide bonds. The lowest BCUT2D eigenvalue weighted by molar-refractivity contribution is -0.175. The predicted octanol–water partition coefficient (Wildman–Crippen LogP) is 2.06. The molecule has 11 nitrogen and oxygen atoms in total. The molecule has 8 N–H and O–H groups in total. The Bertz CT molecular complexity index is 1640. The maximum Gasteiger partial charge on any atom is 0.255 e. The van der Waals surface area contributed by atoms with Crippen LogP contribution in [-0.2, 0) is 20.8 Å². The van der Waals surface area contributed by atoms with Crippen LogP contribution in [0.4, 0.5) is 11.4 Å². The number of anilines is 2. The average molecular weight is 577 g/mol. The molecular formula is C31H36N4O7. The minimum atomic E-state index is -2.78. The van der Waals surface area contributed by atoms with Gasteiger partial charge in [0.2, 0.25) is 5.78 Å². The van der Waals surface area contributed by atoms with E-state index in [1.54, 1.807) is 27.1 Å². The number of nitrogens with two attached hydrogens (primary N) is 2. The van der Waals surface area contributed by atoms with Gasteiger partial charge >= 0.3 is 0 Å². The van der Waals surface area contributed by atoms with E-state index in [1.807, 2.05) is 43.3 Å². The van der Waals surface area contributed by atoms with Crippen molar-refractivity contribution in [3.63, 3.8) is 0 Å². The molecule has 2 aromatic rings. The first kappa shape index (κ1) is 29.2. The van der Waals surface area contributed by atoms with Crippen LogP contribution in [0, 0.1) is 10.8 Å². The van der Waals surface area contributed by atoms with Gasteiger partial charge in [0, 0.05) is 36.2 Å². The molecule has 0 spiro atoms. The van der Waals surface area contributed by atoms with Gasteiger partial charge in [-0.1, -0.05) is 26.0 Å². The molecule has 0 aliphatic heterocycles. The third kappa shape index (κ3) is 3.56. The van der Waals surface area contributed by atoms with Gasteiger partial charge in [-0.05, 0) is 61.8 Å². The van der Waals surface area contributed by atoms with Crippen molar-refractivity contribution in [2.45, 2.75) is 38.3 Å². The van der Waals surface area contributed by atoms with E-state index in [0.29, 0.717) is 11.1 Å². The smallest absolute Gasteiger partial charge is 0.255 e. The lowest BCUT2D eigenvalue weighted by Gasteiger charge is -2.59. The number of aliphatic hydroxyl groups excluding tert-OH is 2. The van der Waals surface area contributed by atoms with Crippen LogP contribution in [0.2, 0.25) is 0 Å². The molecule has 2 aromatic carbocycles. The number of phenolic OH excluding ortho intramolecular Hbond substituents is 1. The van der Waals surface area contributed by atoms with Crippen molar-refractivity contribution in [2.24, 2.45) is 16.6 Å². The van der Waals surface area contributed by atoms with E-state index in [4.69, 9.17) is 11.5 Å². The average Bonchev–Trinajstić information content (AvgIpc) is 2.88. The number of hydrogen-bond acceptors (Lipinski definition) is 10. The highest BCUT2D eigenvalue weighted by molar-refractivity contribution is 6.25. The van der Waals surface area contributed by atoms with Crippen LogP contribution in [-0.4, -0.2) is 82.6 Å². The number of nitrogen functional groups attached to an aromatic ring is 1. The number of rotatable bonds is 4. The molecule has 1 saturated carbocycles. The lowest BCUT2D eigenvalue weighted by Crippen LogP contribution is -2.72. The number of aliphatic hydroxyl groups is 3. The van der Waals surface area contributed by atoms with Crippen LogP contribution in [0.25, 0.3) is 16.9 Å². The van der Waals surface area contributed by atoms with Crippen molar-refractivity contribution < 1.29 is 34.8 Å². The SMILES string of the molecule is CN(C)c1ccc(-c2cc(N)c(O)c3c2C[C@@]2(C)C[C@@]4(C)[C@H](N(C)C)C(=O)C(C(N)=O)=C(O)[C@@]4(O)C(=O)C2=C3O)cc1. The Morgan fingerprint density at radius 2 is 1.62 bits per heavy atom. The molecule has 0 bridgehead atoms. The zero-order chi connectivity index (χ0) is 31.3. The molecule has 0 saturated heterocycles. The van der Waals surface area contributed by atoms with Crippen molar-refractivity contribution in [3.8, 4) is 16.9 Å². The van der Waals surface area contributed by atoms with Crippen LogP contribution in [0.3, 0.4) is 0 Å². The van der Waals surface area contributed by atoms with E-state index < -0.39 is 62.8 Å². The molecule has 42 heavy (non-hydrogen) atoms. The number of carbonyl (C=O) groups is 3.